The Morgan fingerprint density at radius 1 is 1.09 bits per heavy atom. The first-order valence-corrected chi connectivity index (χ1v) is 21.5. The van der Waals surface area contributed by atoms with Crippen LogP contribution in [-0.2, 0) is 24.4 Å². The standard InChI is InChI=1S/C41H46FN5O7S2/c1-4-25(3)56(52,53)46-40(51)41-22-26(41)13-8-6-5-7-9-18-32(43-37(49)34-20-19-24(2)55-34)39(50)47-23-27(21-33(47)36(48)45-41)54-38-35-29(15-12-16-30(35)42)28-14-10-11-17-31(28)44-38/h8,10-17,19-20,25-27,32-33H,4-7,9,18,21-23H2,1-3H3,(H,43,49)(H,45,48)(H,46,51)/b13-8-/t25?,26-,27-,32+,33+,41-/m1/s1. The molecule has 1 unspecified atom stereocenters. The summed E-state index contributed by atoms with van der Waals surface area (Å²) in [6.07, 6.45) is 6.49. The number of aryl methyl sites for hydroxylation is 1. The Hall–Kier alpha value is -4.89. The normalized spacial score (nSPS) is 25.6. The lowest BCUT2D eigenvalue weighted by Gasteiger charge is -2.30. The number of rotatable bonds is 8. The van der Waals surface area contributed by atoms with E-state index in [0.29, 0.717) is 35.0 Å². The van der Waals surface area contributed by atoms with E-state index in [-0.39, 0.29) is 37.1 Å². The number of nitrogens with one attached hydrogen (secondary N) is 3. The van der Waals surface area contributed by atoms with Crippen molar-refractivity contribution in [2.24, 2.45) is 5.92 Å². The maximum atomic E-state index is 15.5. The number of carbonyl (C=O) groups is 4. The highest BCUT2D eigenvalue weighted by atomic mass is 32.2. The van der Waals surface area contributed by atoms with E-state index in [1.165, 1.54) is 29.2 Å². The summed E-state index contributed by atoms with van der Waals surface area (Å²) in [7, 11) is -4.04. The summed E-state index contributed by atoms with van der Waals surface area (Å²) in [4.78, 5) is 63.8. The van der Waals surface area contributed by atoms with Crippen molar-refractivity contribution in [3.8, 4) is 5.88 Å². The average molecular weight is 804 g/mol. The number of ether oxygens (including phenoxy) is 1. The van der Waals surface area contributed by atoms with Crippen LogP contribution in [0.2, 0.25) is 0 Å². The minimum Gasteiger partial charge on any atom is -0.472 e. The minimum atomic E-state index is -4.04. The smallest absolute Gasteiger partial charge is 0.262 e. The molecule has 56 heavy (non-hydrogen) atoms. The molecular formula is C41H46FN5O7S2. The third kappa shape index (κ3) is 7.88. The molecule has 4 amide bonds. The molecule has 2 aromatic carbocycles. The molecule has 1 saturated heterocycles. The summed E-state index contributed by atoms with van der Waals surface area (Å²) in [5, 5.41) is 6.42. The van der Waals surface area contributed by atoms with Crippen LogP contribution in [-0.4, -0.2) is 77.5 Å². The second kappa shape index (κ2) is 15.9. The van der Waals surface area contributed by atoms with Crippen molar-refractivity contribution >= 4 is 66.7 Å². The molecular weight excluding hydrogens is 758 g/mol. The van der Waals surface area contributed by atoms with Gasteiger partial charge in [-0.2, -0.15) is 0 Å². The van der Waals surface area contributed by atoms with E-state index >= 15 is 4.39 Å². The Balaban J connectivity index is 1.24. The van der Waals surface area contributed by atoms with Crippen LogP contribution in [0.3, 0.4) is 0 Å². The summed E-state index contributed by atoms with van der Waals surface area (Å²) in [5.74, 6) is -3.43. The highest BCUT2D eigenvalue weighted by Crippen LogP contribution is 2.46. The number of aromatic nitrogens is 1. The summed E-state index contributed by atoms with van der Waals surface area (Å²) < 4.78 is 50.2. The molecule has 4 heterocycles. The van der Waals surface area contributed by atoms with Gasteiger partial charge in [0.15, 0.2) is 0 Å². The number of halogens is 1. The van der Waals surface area contributed by atoms with Crippen LogP contribution in [0.1, 0.15) is 79.8 Å². The Labute approximate surface area is 329 Å². The molecule has 2 aliphatic heterocycles. The average Bonchev–Trinajstić information content (AvgIpc) is 3.44. The van der Waals surface area contributed by atoms with Crippen LogP contribution in [0, 0.1) is 18.7 Å². The van der Waals surface area contributed by atoms with Gasteiger partial charge < -0.3 is 20.3 Å². The zero-order valence-electron chi connectivity index (χ0n) is 31.5. The number of para-hydroxylation sites is 1. The van der Waals surface area contributed by atoms with Crippen LogP contribution in [0.5, 0.6) is 5.88 Å². The SMILES string of the molecule is CCC(C)S(=O)(=O)NC(=O)[C@@]12C[C@H]1/C=C\CCCCC[C@H](NC(=O)c1ccc(C)s1)C(=O)N1C[C@H](Oc3nc4ccccc4c4cccc(F)c34)C[C@H]1C(=O)N2. The van der Waals surface area contributed by atoms with E-state index in [2.05, 4.69) is 20.3 Å². The van der Waals surface area contributed by atoms with Crippen LogP contribution in [0.25, 0.3) is 21.7 Å². The number of carbonyl (C=O) groups excluding carboxylic acids is 4. The molecule has 0 spiro atoms. The van der Waals surface area contributed by atoms with Gasteiger partial charge in [-0.15, -0.1) is 11.3 Å². The fourth-order valence-electron chi connectivity index (χ4n) is 7.66. The van der Waals surface area contributed by atoms with Gasteiger partial charge in [0.25, 0.3) is 11.8 Å². The number of pyridine rings is 1. The molecule has 12 nitrogen and oxygen atoms in total. The van der Waals surface area contributed by atoms with E-state index in [1.54, 1.807) is 31.2 Å². The fourth-order valence-corrected chi connectivity index (χ4v) is 9.52. The van der Waals surface area contributed by atoms with E-state index in [0.717, 1.165) is 23.1 Å². The van der Waals surface area contributed by atoms with Gasteiger partial charge in [-0.05, 0) is 75.6 Å². The van der Waals surface area contributed by atoms with Crippen LogP contribution in [0.4, 0.5) is 4.39 Å². The van der Waals surface area contributed by atoms with Crippen molar-refractivity contribution in [3.63, 3.8) is 0 Å². The van der Waals surface area contributed by atoms with Crippen molar-refractivity contribution in [2.75, 3.05) is 6.54 Å². The van der Waals surface area contributed by atoms with E-state index in [4.69, 9.17) is 4.74 Å². The molecule has 1 aliphatic carbocycles. The number of hydrogen-bond acceptors (Lipinski definition) is 9. The molecule has 2 fully saturated rings. The van der Waals surface area contributed by atoms with Gasteiger partial charge in [-0.1, -0.05) is 62.2 Å². The monoisotopic (exact) mass is 803 g/mol. The topological polar surface area (TPSA) is 164 Å². The minimum absolute atomic E-state index is 0.00816. The molecule has 4 aromatic rings. The molecule has 7 rings (SSSR count). The molecule has 15 heteroatoms. The lowest BCUT2D eigenvalue weighted by atomic mass is 10.0. The predicted octanol–water partition coefficient (Wildman–Crippen LogP) is 5.68. The second-order valence-electron chi connectivity index (χ2n) is 15.0. The first-order valence-electron chi connectivity index (χ1n) is 19.2. The van der Waals surface area contributed by atoms with Gasteiger partial charge in [-0.3, -0.25) is 23.9 Å². The summed E-state index contributed by atoms with van der Waals surface area (Å²) >= 11 is 1.31. The highest BCUT2D eigenvalue weighted by Gasteiger charge is 2.61. The van der Waals surface area contributed by atoms with Gasteiger partial charge >= 0.3 is 0 Å². The zero-order valence-corrected chi connectivity index (χ0v) is 33.2. The molecule has 2 aromatic heterocycles. The van der Waals surface area contributed by atoms with E-state index in [9.17, 15) is 27.6 Å². The van der Waals surface area contributed by atoms with Gasteiger partial charge in [0.05, 0.1) is 27.6 Å². The zero-order chi connectivity index (χ0) is 39.8. The van der Waals surface area contributed by atoms with Crippen molar-refractivity contribution in [2.45, 2.75) is 101 Å². The molecule has 6 atom stereocenters. The quantitative estimate of drug-likeness (QED) is 0.151. The van der Waals surface area contributed by atoms with Crippen molar-refractivity contribution in [1.29, 1.82) is 0 Å². The first kappa shape index (κ1) is 39.3. The van der Waals surface area contributed by atoms with Crippen LogP contribution in [0.15, 0.2) is 66.7 Å². The summed E-state index contributed by atoms with van der Waals surface area (Å²) in [5.41, 5.74) is -0.992. The summed E-state index contributed by atoms with van der Waals surface area (Å²) in [6.45, 7) is 4.99. The Morgan fingerprint density at radius 2 is 1.88 bits per heavy atom. The fraction of sp³-hybridized carbons (Fsp3) is 0.439. The lowest BCUT2D eigenvalue weighted by Crippen LogP contribution is -2.58. The van der Waals surface area contributed by atoms with Gasteiger partial charge in [0.2, 0.25) is 27.7 Å². The van der Waals surface area contributed by atoms with Gasteiger partial charge in [-0.25, -0.2) is 17.8 Å². The number of fused-ring (bicyclic) bond motifs is 5. The maximum Gasteiger partial charge on any atom is 0.262 e. The number of nitrogens with zero attached hydrogens (tertiary/aromatic N) is 2. The largest absolute Gasteiger partial charge is 0.472 e. The molecule has 0 bridgehead atoms. The van der Waals surface area contributed by atoms with Crippen LogP contribution >= 0.6 is 11.3 Å². The maximum absolute atomic E-state index is 15.5. The van der Waals surface area contributed by atoms with Crippen molar-refractivity contribution in [3.05, 3.63) is 82.3 Å². The molecule has 296 valence electrons. The third-order valence-corrected chi connectivity index (χ3v) is 14.0. The Morgan fingerprint density at radius 3 is 2.64 bits per heavy atom. The van der Waals surface area contributed by atoms with Crippen LogP contribution < -0.4 is 20.1 Å². The first-order chi connectivity index (χ1) is 26.8. The van der Waals surface area contributed by atoms with Crippen molar-refractivity contribution in [1.82, 2.24) is 25.2 Å². The highest BCUT2D eigenvalue weighted by molar-refractivity contribution is 7.90. The number of benzene rings is 2. The van der Waals surface area contributed by atoms with E-state index in [1.807, 2.05) is 43.3 Å². The Bertz CT molecular complexity index is 2330. The second-order valence-corrected chi connectivity index (χ2v) is 18.4. The number of amides is 4. The molecule has 3 aliphatic rings. The number of hydrogen-bond donors (Lipinski definition) is 3. The van der Waals surface area contributed by atoms with Gasteiger partial charge in [0, 0.05) is 22.6 Å². The molecule has 3 N–H and O–H groups in total. The molecule has 1 saturated carbocycles. The molecule has 0 radical (unpaired) electrons. The Kier molecular flexibility index (Phi) is 11.2. The van der Waals surface area contributed by atoms with E-state index < -0.39 is 74.4 Å². The number of allylic oxidation sites excluding steroid dienone is 1. The summed E-state index contributed by atoms with van der Waals surface area (Å²) in [6, 6.07) is 13.3. The number of thiophene rings is 1. The predicted molar refractivity (Wildman–Crippen MR) is 212 cm³/mol. The van der Waals surface area contributed by atoms with Crippen molar-refractivity contribution < 1.29 is 36.7 Å². The number of sulfonamides is 1. The lowest BCUT2D eigenvalue weighted by molar-refractivity contribution is -0.141. The van der Waals surface area contributed by atoms with Gasteiger partial charge in [0.1, 0.15) is 29.5 Å². The third-order valence-electron chi connectivity index (χ3n) is 11.2.